The van der Waals surface area contributed by atoms with E-state index in [0.717, 1.165) is 22.6 Å². The molecule has 1 aliphatic rings. The lowest BCUT2D eigenvalue weighted by atomic mass is 9.79. The van der Waals surface area contributed by atoms with Crippen LogP contribution in [-0.2, 0) is 5.41 Å². The Morgan fingerprint density at radius 2 is 1.60 bits per heavy atom. The summed E-state index contributed by atoms with van der Waals surface area (Å²) in [6.07, 6.45) is 0.499. The fraction of sp³-hybridized carbons (Fsp3) is 0.240. The second kappa shape index (κ2) is 8.22. The van der Waals surface area contributed by atoms with E-state index < -0.39 is 15.7 Å². The molecule has 0 N–H and O–H groups in total. The highest BCUT2D eigenvalue weighted by Gasteiger charge is 2.71. The van der Waals surface area contributed by atoms with Crippen molar-refractivity contribution in [3.8, 4) is 23.3 Å². The van der Waals surface area contributed by atoms with Crippen LogP contribution in [0.4, 0.5) is 0 Å². The first-order valence-electron chi connectivity index (χ1n) is 9.84. The molecule has 152 valence electrons. The third-order valence-electron chi connectivity index (χ3n) is 5.50. The Kier molecular flexibility index (Phi) is 5.64. The van der Waals surface area contributed by atoms with Gasteiger partial charge in [-0.05, 0) is 60.9 Å². The first-order valence-corrected chi connectivity index (χ1v) is 10.6. The van der Waals surface area contributed by atoms with Crippen LogP contribution >= 0.6 is 23.2 Å². The summed E-state index contributed by atoms with van der Waals surface area (Å²) in [5.41, 5.74) is 1.06. The molecule has 2 unspecified atom stereocenters. The lowest BCUT2D eigenvalue weighted by Gasteiger charge is -2.25. The first kappa shape index (κ1) is 20.6. The molecule has 30 heavy (non-hydrogen) atoms. The molecule has 5 heteroatoms. The number of hydrogen-bond donors (Lipinski definition) is 0. The molecule has 3 nitrogen and oxygen atoms in total. The van der Waals surface area contributed by atoms with Crippen LogP contribution in [0.5, 0.6) is 17.2 Å². The Balaban J connectivity index is 1.68. The molecule has 3 aromatic carbocycles. The molecular weight excluding hydrogens is 417 g/mol. The van der Waals surface area contributed by atoms with Crippen LogP contribution in [-0.4, -0.2) is 10.9 Å². The zero-order valence-corrected chi connectivity index (χ0v) is 18.0. The molecule has 1 saturated carbocycles. The largest absolute Gasteiger partial charge is 0.494 e. The molecule has 1 fully saturated rings. The summed E-state index contributed by atoms with van der Waals surface area (Å²) in [7, 11) is 0. The van der Waals surface area contributed by atoms with E-state index in [1.165, 1.54) is 0 Å². The van der Waals surface area contributed by atoms with Crippen molar-refractivity contribution in [1.29, 1.82) is 5.26 Å². The summed E-state index contributed by atoms with van der Waals surface area (Å²) < 4.78 is 10.5. The minimum Gasteiger partial charge on any atom is -0.494 e. The average molecular weight is 438 g/mol. The molecule has 0 spiro atoms. The van der Waals surface area contributed by atoms with Gasteiger partial charge in [0.25, 0.3) is 0 Å². The normalized spacial score (nSPS) is 20.1. The van der Waals surface area contributed by atoms with E-state index in [2.05, 4.69) is 6.07 Å². The lowest BCUT2D eigenvalue weighted by Crippen LogP contribution is -2.24. The van der Waals surface area contributed by atoms with Gasteiger partial charge in [0, 0.05) is 0 Å². The van der Waals surface area contributed by atoms with E-state index in [1.807, 2.05) is 85.8 Å². The van der Waals surface area contributed by atoms with Gasteiger partial charge in [-0.15, -0.1) is 23.2 Å². The number of benzene rings is 3. The van der Waals surface area contributed by atoms with Crippen molar-refractivity contribution in [3.63, 3.8) is 0 Å². The van der Waals surface area contributed by atoms with Crippen molar-refractivity contribution in [2.75, 3.05) is 6.61 Å². The predicted octanol–water partition coefficient (Wildman–Crippen LogP) is 7.00. The van der Waals surface area contributed by atoms with Crippen LogP contribution < -0.4 is 9.47 Å². The highest BCUT2D eigenvalue weighted by molar-refractivity contribution is 6.52. The summed E-state index contributed by atoms with van der Waals surface area (Å²) in [6.45, 7) is 2.53. The van der Waals surface area contributed by atoms with Crippen LogP contribution in [0.15, 0.2) is 78.9 Å². The Labute approximate surface area is 186 Å². The summed E-state index contributed by atoms with van der Waals surface area (Å²) >= 11 is 13.3. The Morgan fingerprint density at radius 3 is 2.20 bits per heavy atom. The number of hydrogen-bond acceptors (Lipinski definition) is 3. The van der Waals surface area contributed by atoms with Gasteiger partial charge >= 0.3 is 0 Å². The Hall–Kier alpha value is -2.67. The Morgan fingerprint density at radius 1 is 0.933 bits per heavy atom. The maximum atomic E-state index is 10.1. The number of nitrogens with zero attached hydrogens (tertiary/aromatic N) is 1. The Bertz CT molecular complexity index is 1060. The van der Waals surface area contributed by atoms with Gasteiger partial charge in [-0.3, -0.25) is 0 Å². The fourth-order valence-electron chi connectivity index (χ4n) is 3.97. The predicted molar refractivity (Wildman–Crippen MR) is 120 cm³/mol. The van der Waals surface area contributed by atoms with Crippen LogP contribution in [0.1, 0.15) is 30.4 Å². The van der Waals surface area contributed by atoms with Crippen LogP contribution in [0, 0.1) is 11.3 Å². The van der Waals surface area contributed by atoms with Crippen molar-refractivity contribution in [3.05, 3.63) is 90.0 Å². The van der Waals surface area contributed by atoms with Crippen LogP contribution in [0.25, 0.3) is 0 Å². The third kappa shape index (κ3) is 3.74. The van der Waals surface area contributed by atoms with Gasteiger partial charge in [0.2, 0.25) is 0 Å². The highest BCUT2D eigenvalue weighted by Crippen LogP contribution is 2.70. The minimum absolute atomic E-state index is 0.499. The van der Waals surface area contributed by atoms with Gasteiger partial charge in [0.15, 0.2) is 0 Å². The summed E-state index contributed by atoms with van der Waals surface area (Å²) in [5.74, 6) is 1.65. The lowest BCUT2D eigenvalue weighted by molar-refractivity contribution is 0.340. The SMILES string of the molecule is CCOc1ccc(C2(C(C#N)c3cccc(Oc4ccccc4)c3)CC2(Cl)Cl)cc1. The van der Waals surface area contributed by atoms with Gasteiger partial charge in [-0.1, -0.05) is 42.5 Å². The quantitative estimate of drug-likeness (QED) is 0.373. The van der Waals surface area contributed by atoms with Gasteiger partial charge in [0.05, 0.1) is 24.0 Å². The van der Waals surface area contributed by atoms with E-state index in [1.54, 1.807) is 0 Å². The average Bonchev–Trinajstić information content (AvgIpc) is 3.33. The zero-order valence-electron chi connectivity index (χ0n) is 16.5. The van der Waals surface area contributed by atoms with Gasteiger partial charge in [-0.2, -0.15) is 5.26 Å². The van der Waals surface area contributed by atoms with Crippen molar-refractivity contribution in [2.45, 2.75) is 29.0 Å². The molecule has 0 aliphatic heterocycles. The number of ether oxygens (including phenoxy) is 2. The zero-order chi connectivity index (χ0) is 21.2. The number of alkyl halides is 2. The van der Waals surface area contributed by atoms with E-state index in [9.17, 15) is 5.26 Å². The highest BCUT2D eigenvalue weighted by atomic mass is 35.5. The topological polar surface area (TPSA) is 42.2 Å². The maximum absolute atomic E-state index is 10.1. The molecule has 0 saturated heterocycles. The minimum atomic E-state index is -1.02. The van der Waals surface area contributed by atoms with E-state index in [4.69, 9.17) is 32.7 Å². The molecule has 1 aliphatic carbocycles. The van der Waals surface area contributed by atoms with Gasteiger partial charge in [-0.25, -0.2) is 0 Å². The van der Waals surface area contributed by atoms with E-state index in [0.29, 0.717) is 18.8 Å². The molecule has 0 radical (unpaired) electrons. The number of nitriles is 1. The number of halogens is 2. The molecule has 2 atom stereocenters. The molecule has 0 heterocycles. The number of rotatable bonds is 7. The first-order chi connectivity index (χ1) is 14.5. The molecule has 3 aromatic rings. The monoisotopic (exact) mass is 437 g/mol. The maximum Gasteiger partial charge on any atom is 0.130 e. The van der Waals surface area contributed by atoms with Crippen molar-refractivity contribution >= 4 is 23.2 Å². The van der Waals surface area contributed by atoms with E-state index in [-0.39, 0.29) is 0 Å². The van der Waals surface area contributed by atoms with Gasteiger partial charge in [0.1, 0.15) is 21.6 Å². The summed E-state index contributed by atoms with van der Waals surface area (Å²) in [5, 5.41) is 10.1. The van der Waals surface area contributed by atoms with E-state index >= 15 is 0 Å². The molecule has 4 rings (SSSR count). The molecule has 0 bridgehead atoms. The molecule has 0 amide bonds. The second-order valence-electron chi connectivity index (χ2n) is 7.36. The standard InChI is InChI=1S/C25H21Cl2NO2/c1-2-29-20-13-11-19(12-14-20)24(17-25(24,26)27)23(16-28)18-7-6-10-22(15-18)30-21-8-4-3-5-9-21/h3-15,23H,2,17H2,1H3. The number of para-hydroxylation sites is 1. The molecular formula is C25H21Cl2NO2. The van der Waals surface area contributed by atoms with Crippen molar-refractivity contribution in [2.24, 2.45) is 0 Å². The van der Waals surface area contributed by atoms with Crippen LogP contribution in [0.3, 0.4) is 0 Å². The summed E-state index contributed by atoms with van der Waals surface area (Å²) in [6, 6.07) is 27.2. The van der Waals surface area contributed by atoms with Gasteiger partial charge < -0.3 is 9.47 Å². The second-order valence-corrected chi connectivity index (χ2v) is 8.84. The van der Waals surface area contributed by atoms with Crippen molar-refractivity contribution < 1.29 is 9.47 Å². The van der Waals surface area contributed by atoms with Crippen LogP contribution in [0.2, 0.25) is 0 Å². The fourth-order valence-corrected chi connectivity index (χ4v) is 4.82. The van der Waals surface area contributed by atoms with Crippen molar-refractivity contribution in [1.82, 2.24) is 0 Å². The smallest absolute Gasteiger partial charge is 0.130 e. The third-order valence-corrected chi connectivity index (χ3v) is 6.44. The summed E-state index contributed by atoms with van der Waals surface area (Å²) in [4.78, 5) is 0. The molecule has 0 aromatic heterocycles.